The van der Waals surface area contributed by atoms with Crippen LogP contribution in [0.4, 0.5) is 0 Å². The van der Waals surface area contributed by atoms with E-state index in [0.717, 1.165) is 42.7 Å². The topological polar surface area (TPSA) is 43.6 Å². The zero-order chi connectivity index (χ0) is 19.6. The second-order valence-corrected chi connectivity index (χ2v) is 7.80. The van der Waals surface area contributed by atoms with Gasteiger partial charge in [-0.25, -0.2) is 0 Å². The molecule has 0 unspecified atom stereocenters. The molecule has 0 fully saturated rings. The lowest BCUT2D eigenvalue weighted by atomic mass is 9.93. The van der Waals surface area contributed by atoms with Crippen molar-refractivity contribution in [1.29, 1.82) is 0 Å². The molecule has 1 atom stereocenters. The SMILES string of the molecule is COc1cc(CNCC[C@@H](CCC(C)C)c2ccco2)ccc1OC(C)C. The Bertz CT molecular complexity index is 650. The number of methoxy groups -OCH3 is 1. The highest BCUT2D eigenvalue weighted by molar-refractivity contribution is 5.43. The Morgan fingerprint density at radius 3 is 2.44 bits per heavy atom. The molecule has 0 bridgehead atoms. The first kappa shape index (κ1) is 21.4. The number of hydrogen-bond acceptors (Lipinski definition) is 4. The Labute approximate surface area is 164 Å². The summed E-state index contributed by atoms with van der Waals surface area (Å²) in [7, 11) is 1.68. The Morgan fingerprint density at radius 2 is 1.81 bits per heavy atom. The van der Waals surface area contributed by atoms with E-state index < -0.39 is 0 Å². The van der Waals surface area contributed by atoms with Crippen molar-refractivity contribution in [2.24, 2.45) is 5.92 Å². The summed E-state index contributed by atoms with van der Waals surface area (Å²) in [5, 5.41) is 3.56. The Hall–Kier alpha value is -1.94. The quantitative estimate of drug-likeness (QED) is 0.479. The number of nitrogens with one attached hydrogen (secondary N) is 1. The average molecular weight is 374 g/mol. The standard InChI is InChI=1S/C23H35NO3/c1-17(2)8-10-20(21-7-6-14-26-21)12-13-24-16-19-9-11-22(27-18(3)4)23(15-19)25-5/h6-7,9,11,14-15,17-18,20,24H,8,10,12-13,16H2,1-5H3/t20-/m1/s1. The van der Waals surface area contributed by atoms with Crippen LogP contribution in [-0.4, -0.2) is 19.8 Å². The molecule has 0 aliphatic rings. The largest absolute Gasteiger partial charge is 0.493 e. The number of rotatable bonds is 12. The van der Waals surface area contributed by atoms with E-state index in [0.29, 0.717) is 5.92 Å². The van der Waals surface area contributed by atoms with Gasteiger partial charge in [0.25, 0.3) is 0 Å². The van der Waals surface area contributed by atoms with Crippen molar-refractivity contribution in [2.75, 3.05) is 13.7 Å². The molecule has 4 heteroatoms. The molecule has 4 nitrogen and oxygen atoms in total. The van der Waals surface area contributed by atoms with Gasteiger partial charge in [0, 0.05) is 12.5 Å². The van der Waals surface area contributed by atoms with Crippen LogP contribution in [0.3, 0.4) is 0 Å². The van der Waals surface area contributed by atoms with E-state index in [1.54, 1.807) is 13.4 Å². The van der Waals surface area contributed by atoms with Crippen molar-refractivity contribution in [3.8, 4) is 11.5 Å². The first-order valence-electron chi connectivity index (χ1n) is 10.1. The fourth-order valence-corrected chi connectivity index (χ4v) is 3.17. The summed E-state index contributed by atoms with van der Waals surface area (Å²) in [5.74, 6) is 3.88. The Kier molecular flexibility index (Phi) is 8.73. The molecule has 0 aliphatic heterocycles. The fourth-order valence-electron chi connectivity index (χ4n) is 3.17. The van der Waals surface area contributed by atoms with Gasteiger partial charge in [0.05, 0.1) is 19.5 Å². The molecule has 0 aliphatic carbocycles. The predicted molar refractivity (Wildman–Crippen MR) is 111 cm³/mol. The van der Waals surface area contributed by atoms with Gasteiger partial charge in [0.2, 0.25) is 0 Å². The molecule has 2 rings (SSSR count). The molecule has 27 heavy (non-hydrogen) atoms. The molecule has 150 valence electrons. The van der Waals surface area contributed by atoms with Crippen molar-refractivity contribution in [3.05, 3.63) is 47.9 Å². The highest BCUT2D eigenvalue weighted by Gasteiger charge is 2.15. The van der Waals surface area contributed by atoms with Crippen LogP contribution in [0.5, 0.6) is 11.5 Å². The number of furan rings is 1. The summed E-state index contributed by atoms with van der Waals surface area (Å²) in [4.78, 5) is 0. The molecule has 0 amide bonds. The third kappa shape index (κ3) is 7.30. The average Bonchev–Trinajstić information content (AvgIpc) is 3.16. The van der Waals surface area contributed by atoms with Crippen molar-refractivity contribution < 1.29 is 13.9 Å². The lowest BCUT2D eigenvalue weighted by Gasteiger charge is -2.17. The van der Waals surface area contributed by atoms with Gasteiger partial charge >= 0.3 is 0 Å². The first-order valence-corrected chi connectivity index (χ1v) is 10.1. The van der Waals surface area contributed by atoms with Gasteiger partial charge in [0.15, 0.2) is 11.5 Å². The van der Waals surface area contributed by atoms with Crippen LogP contribution < -0.4 is 14.8 Å². The smallest absolute Gasteiger partial charge is 0.161 e. The van der Waals surface area contributed by atoms with Gasteiger partial charge < -0.3 is 19.2 Å². The van der Waals surface area contributed by atoms with Gasteiger partial charge in [-0.05, 0) is 69.0 Å². The fraction of sp³-hybridized carbons (Fsp3) is 0.565. The van der Waals surface area contributed by atoms with E-state index in [9.17, 15) is 0 Å². The second-order valence-electron chi connectivity index (χ2n) is 7.80. The molecule has 0 saturated heterocycles. The van der Waals surface area contributed by atoms with Crippen molar-refractivity contribution in [3.63, 3.8) is 0 Å². The molecular weight excluding hydrogens is 338 g/mol. The molecule has 1 N–H and O–H groups in total. The van der Waals surface area contributed by atoms with Crippen LogP contribution in [-0.2, 0) is 6.54 Å². The maximum Gasteiger partial charge on any atom is 0.161 e. The Morgan fingerprint density at radius 1 is 1.00 bits per heavy atom. The predicted octanol–water partition coefficient (Wildman–Crippen LogP) is 5.78. The maximum absolute atomic E-state index is 5.78. The van der Waals surface area contributed by atoms with Crippen LogP contribution in [0.1, 0.15) is 64.2 Å². The zero-order valence-electron chi connectivity index (χ0n) is 17.5. The van der Waals surface area contributed by atoms with E-state index >= 15 is 0 Å². The highest BCUT2D eigenvalue weighted by Crippen LogP contribution is 2.29. The van der Waals surface area contributed by atoms with Crippen molar-refractivity contribution >= 4 is 0 Å². The molecule has 1 aromatic carbocycles. The monoisotopic (exact) mass is 373 g/mol. The van der Waals surface area contributed by atoms with Crippen LogP contribution in [0.2, 0.25) is 0 Å². The van der Waals surface area contributed by atoms with Crippen LogP contribution in [0, 0.1) is 5.92 Å². The summed E-state index contributed by atoms with van der Waals surface area (Å²) in [5.41, 5.74) is 1.19. The molecule has 0 spiro atoms. The van der Waals surface area contributed by atoms with E-state index in [1.165, 1.54) is 18.4 Å². The van der Waals surface area contributed by atoms with Gasteiger partial charge in [-0.1, -0.05) is 26.3 Å². The minimum atomic E-state index is 0.132. The number of hydrogen-bond donors (Lipinski definition) is 1. The lowest BCUT2D eigenvalue weighted by molar-refractivity contribution is 0.230. The number of benzene rings is 1. The minimum Gasteiger partial charge on any atom is -0.493 e. The van der Waals surface area contributed by atoms with Gasteiger partial charge in [-0.2, -0.15) is 0 Å². The van der Waals surface area contributed by atoms with Crippen molar-refractivity contribution in [1.82, 2.24) is 5.32 Å². The summed E-state index contributed by atoms with van der Waals surface area (Å²) in [6, 6.07) is 10.2. The molecule has 1 aromatic heterocycles. The van der Waals surface area contributed by atoms with Crippen LogP contribution >= 0.6 is 0 Å². The van der Waals surface area contributed by atoms with Crippen molar-refractivity contribution in [2.45, 2.75) is 65.5 Å². The maximum atomic E-state index is 5.78. The molecule has 2 aromatic rings. The van der Waals surface area contributed by atoms with E-state index in [2.05, 4.69) is 31.3 Å². The molecule has 0 saturated carbocycles. The van der Waals surface area contributed by atoms with E-state index in [4.69, 9.17) is 13.9 Å². The van der Waals surface area contributed by atoms with Gasteiger partial charge in [0.1, 0.15) is 5.76 Å². The minimum absolute atomic E-state index is 0.132. The van der Waals surface area contributed by atoms with Crippen LogP contribution in [0.25, 0.3) is 0 Å². The summed E-state index contributed by atoms with van der Waals surface area (Å²) in [6.07, 6.45) is 5.37. The molecular formula is C23H35NO3. The van der Waals surface area contributed by atoms with Crippen LogP contribution in [0.15, 0.2) is 41.0 Å². The third-order valence-corrected chi connectivity index (χ3v) is 4.63. The third-order valence-electron chi connectivity index (χ3n) is 4.63. The molecule has 1 heterocycles. The lowest BCUT2D eigenvalue weighted by Crippen LogP contribution is -2.17. The molecule has 0 radical (unpaired) electrons. The second kappa shape index (κ2) is 11.0. The van der Waals surface area contributed by atoms with E-state index in [1.807, 2.05) is 32.0 Å². The zero-order valence-corrected chi connectivity index (χ0v) is 17.5. The first-order chi connectivity index (χ1) is 13.0. The Balaban J connectivity index is 1.85. The van der Waals surface area contributed by atoms with Gasteiger partial charge in [-0.15, -0.1) is 0 Å². The highest BCUT2D eigenvalue weighted by atomic mass is 16.5. The summed E-state index contributed by atoms with van der Waals surface area (Å²) >= 11 is 0. The summed E-state index contributed by atoms with van der Waals surface area (Å²) < 4.78 is 16.9. The summed E-state index contributed by atoms with van der Waals surface area (Å²) in [6.45, 7) is 10.4. The van der Waals surface area contributed by atoms with E-state index in [-0.39, 0.29) is 6.10 Å². The normalized spacial score (nSPS) is 12.6. The van der Waals surface area contributed by atoms with Gasteiger partial charge in [-0.3, -0.25) is 0 Å². The number of ether oxygens (including phenoxy) is 2.